The van der Waals surface area contributed by atoms with E-state index in [-0.39, 0.29) is 16.7 Å². The van der Waals surface area contributed by atoms with Crippen LogP contribution in [0.4, 0.5) is 16.2 Å². The van der Waals surface area contributed by atoms with Crippen LogP contribution in [0.25, 0.3) is 0 Å². The normalized spacial score (nSPS) is 11.0. The van der Waals surface area contributed by atoms with Crippen molar-refractivity contribution in [1.29, 1.82) is 0 Å². The fraction of sp³-hybridized carbons (Fsp3) is 0.217. The van der Waals surface area contributed by atoms with E-state index in [1.54, 1.807) is 30.6 Å². The molecular weight excluding hydrogens is 412 g/mol. The third kappa shape index (κ3) is 6.55. The lowest BCUT2D eigenvalue weighted by Gasteiger charge is -2.12. The zero-order chi connectivity index (χ0) is 22.3. The van der Waals surface area contributed by atoms with E-state index in [0.717, 1.165) is 16.8 Å². The maximum Gasteiger partial charge on any atom is 0.319 e. The molecular formula is C23H26N4O3S. The molecule has 1 aromatic heterocycles. The van der Waals surface area contributed by atoms with Gasteiger partial charge in [0, 0.05) is 44.4 Å². The van der Waals surface area contributed by atoms with Crippen molar-refractivity contribution in [3.05, 3.63) is 84.2 Å². The summed E-state index contributed by atoms with van der Waals surface area (Å²) in [5.41, 5.74) is 3.44. The van der Waals surface area contributed by atoms with Gasteiger partial charge in [-0.2, -0.15) is 0 Å². The van der Waals surface area contributed by atoms with Gasteiger partial charge in [0.25, 0.3) is 0 Å². The van der Waals surface area contributed by atoms with Crippen LogP contribution in [-0.4, -0.2) is 39.3 Å². The molecule has 0 saturated heterocycles. The highest BCUT2D eigenvalue weighted by molar-refractivity contribution is 7.91. The second kappa shape index (κ2) is 10.1. The van der Waals surface area contributed by atoms with Gasteiger partial charge in [-0.25, -0.2) is 13.2 Å². The molecule has 7 nitrogen and oxygen atoms in total. The summed E-state index contributed by atoms with van der Waals surface area (Å²) in [6.07, 6.45) is 3.78. The lowest BCUT2D eigenvalue weighted by molar-refractivity contribution is 0.251. The quantitative estimate of drug-likeness (QED) is 0.562. The Morgan fingerprint density at radius 1 is 0.968 bits per heavy atom. The number of anilines is 2. The Kier molecular flexibility index (Phi) is 7.25. The summed E-state index contributed by atoms with van der Waals surface area (Å²) in [6.45, 7) is 0.349. The SMILES string of the molecule is CN(C)c1ccc(CCS(=O)(=O)c2ccc(NC(=O)NCc3cccnc3)cc2)cc1. The average molecular weight is 439 g/mol. The third-order valence-electron chi connectivity index (χ3n) is 4.76. The number of urea groups is 1. The van der Waals surface area contributed by atoms with Crippen molar-refractivity contribution in [1.82, 2.24) is 10.3 Å². The molecule has 3 aromatic rings. The number of aryl methyl sites for hydroxylation is 1. The number of carbonyl (C=O) groups excluding carboxylic acids is 1. The maximum atomic E-state index is 12.7. The Morgan fingerprint density at radius 3 is 2.29 bits per heavy atom. The smallest absolute Gasteiger partial charge is 0.319 e. The zero-order valence-corrected chi connectivity index (χ0v) is 18.4. The number of nitrogens with zero attached hydrogens (tertiary/aromatic N) is 2. The second-order valence-electron chi connectivity index (χ2n) is 7.32. The Morgan fingerprint density at radius 2 is 1.68 bits per heavy atom. The van der Waals surface area contributed by atoms with Crippen LogP contribution in [0.2, 0.25) is 0 Å². The van der Waals surface area contributed by atoms with E-state index in [0.29, 0.717) is 18.7 Å². The number of pyridine rings is 1. The third-order valence-corrected chi connectivity index (χ3v) is 6.49. The van der Waals surface area contributed by atoms with Gasteiger partial charge in [0.1, 0.15) is 0 Å². The first-order chi connectivity index (χ1) is 14.8. The summed E-state index contributed by atoms with van der Waals surface area (Å²) in [5, 5.41) is 5.42. The van der Waals surface area contributed by atoms with Crippen LogP contribution in [0.1, 0.15) is 11.1 Å². The zero-order valence-electron chi connectivity index (χ0n) is 17.6. The molecule has 8 heteroatoms. The highest BCUT2D eigenvalue weighted by Crippen LogP contribution is 2.18. The molecule has 3 rings (SSSR count). The number of nitrogens with one attached hydrogen (secondary N) is 2. The standard InChI is InChI=1S/C23H26N4O3S/c1-27(2)21-9-5-18(6-10-21)13-15-31(29,30)22-11-7-20(8-12-22)26-23(28)25-17-19-4-3-14-24-16-19/h3-12,14,16H,13,15,17H2,1-2H3,(H2,25,26,28). The Bertz CT molecular complexity index is 1100. The summed E-state index contributed by atoms with van der Waals surface area (Å²) in [5.74, 6) is 0.0205. The van der Waals surface area contributed by atoms with E-state index in [1.807, 2.05) is 49.3 Å². The van der Waals surface area contributed by atoms with Crippen molar-refractivity contribution in [3.8, 4) is 0 Å². The Balaban J connectivity index is 1.53. The maximum absolute atomic E-state index is 12.7. The van der Waals surface area contributed by atoms with Crippen molar-refractivity contribution >= 4 is 27.2 Å². The van der Waals surface area contributed by atoms with Gasteiger partial charge < -0.3 is 15.5 Å². The largest absolute Gasteiger partial charge is 0.378 e. The van der Waals surface area contributed by atoms with Crippen LogP contribution in [0.15, 0.2) is 78.0 Å². The summed E-state index contributed by atoms with van der Waals surface area (Å²) in [7, 11) is 0.499. The number of rotatable bonds is 8. The number of hydrogen-bond acceptors (Lipinski definition) is 5. The van der Waals surface area contributed by atoms with E-state index in [4.69, 9.17) is 0 Å². The van der Waals surface area contributed by atoms with Gasteiger partial charge in [-0.1, -0.05) is 18.2 Å². The first kappa shape index (κ1) is 22.3. The summed E-state index contributed by atoms with van der Waals surface area (Å²) in [6, 6.07) is 17.3. The fourth-order valence-electron chi connectivity index (χ4n) is 2.94. The van der Waals surface area contributed by atoms with Gasteiger partial charge in [0.2, 0.25) is 0 Å². The first-order valence-corrected chi connectivity index (χ1v) is 11.5. The van der Waals surface area contributed by atoms with E-state index in [2.05, 4.69) is 15.6 Å². The molecule has 2 N–H and O–H groups in total. The minimum atomic E-state index is -3.42. The molecule has 0 unspecified atom stereocenters. The number of benzene rings is 2. The average Bonchev–Trinajstić information content (AvgIpc) is 2.78. The molecule has 0 aliphatic rings. The molecule has 0 fully saturated rings. The molecule has 0 saturated carbocycles. The van der Waals surface area contributed by atoms with Gasteiger partial charge in [-0.3, -0.25) is 4.98 Å². The van der Waals surface area contributed by atoms with Crippen LogP contribution >= 0.6 is 0 Å². The highest BCUT2D eigenvalue weighted by atomic mass is 32.2. The number of carbonyl (C=O) groups is 1. The molecule has 1 heterocycles. The minimum Gasteiger partial charge on any atom is -0.378 e. The highest BCUT2D eigenvalue weighted by Gasteiger charge is 2.15. The van der Waals surface area contributed by atoms with Crippen LogP contribution < -0.4 is 15.5 Å². The first-order valence-electron chi connectivity index (χ1n) is 9.86. The van der Waals surface area contributed by atoms with E-state index >= 15 is 0 Å². The lowest BCUT2D eigenvalue weighted by Crippen LogP contribution is -2.28. The molecule has 31 heavy (non-hydrogen) atoms. The predicted octanol–water partition coefficient (Wildman–Crippen LogP) is 3.49. The van der Waals surface area contributed by atoms with E-state index in [1.165, 1.54) is 12.1 Å². The van der Waals surface area contributed by atoms with Crippen molar-refractivity contribution in [2.75, 3.05) is 30.1 Å². The van der Waals surface area contributed by atoms with E-state index in [9.17, 15) is 13.2 Å². The molecule has 2 amide bonds. The molecule has 162 valence electrons. The molecule has 2 aromatic carbocycles. The molecule has 0 spiro atoms. The molecule has 0 bridgehead atoms. The second-order valence-corrected chi connectivity index (χ2v) is 9.43. The van der Waals surface area contributed by atoms with Crippen LogP contribution in [-0.2, 0) is 22.8 Å². The van der Waals surface area contributed by atoms with Gasteiger partial charge in [0.15, 0.2) is 9.84 Å². The number of hydrogen-bond donors (Lipinski definition) is 2. The monoisotopic (exact) mass is 438 g/mol. The molecule has 0 aliphatic heterocycles. The number of amides is 2. The topological polar surface area (TPSA) is 91.4 Å². The summed E-state index contributed by atoms with van der Waals surface area (Å²) >= 11 is 0. The fourth-order valence-corrected chi connectivity index (χ4v) is 4.23. The molecule has 0 atom stereocenters. The van der Waals surface area contributed by atoms with Crippen LogP contribution in [0.3, 0.4) is 0 Å². The molecule has 0 aliphatic carbocycles. The van der Waals surface area contributed by atoms with Crippen LogP contribution in [0, 0.1) is 0 Å². The predicted molar refractivity (Wildman–Crippen MR) is 123 cm³/mol. The summed E-state index contributed by atoms with van der Waals surface area (Å²) < 4.78 is 25.3. The van der Waals surface area contributed by atoms with Gasteiger partial charge in [-0.15, -0.1) is 0 Å². The van der Waals surface area contributed by atoms with Crippen molar-refractivity contribution in [3.63, 3.8) is 0 Å². The Hall–Kier alpha value is -3.39. The number of aromatic nitrogens is 1. The van der Waals surface area contributed by atoms with E-state index < -0.39 is 9.84 Å². The Labute approximate surface area is 183 Å². The minimum absolute atomic E-state index is 0.0205. The van der Waals surface area contributed by atoms with Crippen molar-refractivity contribution in [2.24, 2.45) is 0 Å². The lowest BCUT2D eigenvalue weighted by atomic mass is 10.1. The van der Waals surface area contributed by atoms with Gasteiger partial charge >= 0.3 is 6.03 Å². The van der Waals surface area contributed by atoms with Crippen molar-refractivity contribution < 1.29 is 13.2 Å². The molecule has 0 radical (unpaired) electrons. The number of sulfone groups is 1. The van der Waals surface area contributed by atoms with Crippen LogP contribution in [0.5, 0.6) is 0 Å². The van der Waals surface area contributed by atoms with Crippen molar-refractivity contribution in [2.45, 2.75) is 17.9 Å². The van der Waals surface area contributed by atoms with Gasteiger partial charge in [0.05, 0.1) is 10.6 Å². The summed E-state index contributed by atoms with van der Waals surface area (Å²) in [4.78, 5) is 18.3. The van der Waals surface area contributed by atoms with Gasteiger partial charge in [-0.05, 0) is 60.0 Å².